The Labute approximate surface area is 150 Å². The number of methoxy groups -OCH3 is 1. The van der Waals surface area contributed by atoms with Crippen LogP contribution in [0, 0.1) is 5.92 Å². The molecule has 0 aromatic heterocycles. The molecule has 6 heteroatoms. The summed E-state index contributed by atoms with van der Waals surface area (Å²) in [6.45, 7) is 0.171. The van der Waals surface area contributed by atoms with E-state index < -0.39 is 0 Å². The Balaban J connectivity index is 1.83. The highest BCUT2D eigenvalue weighted by Crippen LogP contribution is 2.48. The molecular formula is C19H17ClO5. The zero-order chi connectivity index (χ0) is 17.4. The van der Waals surface area contributed by atoms with E-state index in [-0.39, 0.29) is 24.6 Å². The number of ether oxygens (including phenoxy) is 4. The summed E-state index contributed by atoms with van der Waals surface area (Å²) < 4.78 is 21.7. The van der Waals surface area contributed by atoms with Gasteiger partial charge in [-0.25, -0.2) is 0 Å². The van der Waals surface area contributed by atoms with Crippen molar-refractivity contribution in [1.29, 1.82) is 0 Å². The van der Waals surface area contributed by atoms with Crippen molar-refractivity contribution >= 4 is 17.6 Å². The van der Waals surface area contributed by atoms with Crippen LogP contribution < -0.4 is 18.9 Å². The average Bonchev–Trinajstić information content (AvgIpc) is 3.08. The summed E-state index contributed by atoms with van der Waals surface area (Å²) in [6.07, 6.45) is 0.533. The Bertz CT molecular complexity index is 802. The van der Waals surface area contributed by atoms with Crippen LogP contribution in [-0.4, -0.2) is 25.8 Å². The molecule has 0 radical (unpaired) electrons. The third-order valence-corrected chi connectivity index (χ3v) is 4.87. The second-order valence-corrected chi connectivity index (χ2v) is 6.38. The largest absolute Gasteiger partial charge is 0.497 e. The van der Waals surface area contributed by atoms with Crippen LogP contribution in [0.25, 0.3) is 0 Å². The topological polar surface area (TPSA) is 54.0 Å². The van der Waals surface area contributed by atoms with Crippen LogP contribution in [0.1, 0.15) is 23.5 Å². The number of rotatable bonds is 4. The number of halogens is 1. The molecule has 2 heterocycles. The second kappa shape index (κ2) is 6.48. The van der Waals surface area contributed by atoms with Gasteiger partial charge in [0, 0.05) is 23.4 Å². The Morgan fingerprint density at radius 1 is 1.12 bits per heavy atom. The fraction of sp³-hybridized carbons (Fsp3) is 0.316. The predicted molar refractivity (Wildman–Crippen MR) is 91.9 cm³/mol. The van der Waals surface area contributed by atoms with Crippen LogP contribution in [0.2, 0.25) is 0 Å². The molecule has 0 saturated heterocycles. The van der Waals surface area contributed by atoms with E-state index in [2.05, 4.69) is 0 Å². The maximum Gasteiger partial charge on any atom is 0.315 e. The zero-order valence-electron chi connectivity index (χ0n) is 13.7. The van der Waals surface area contributed by atoms with Crippen molar-refractivity contribution in [2.24, 2.45) is 5.92 Å². The monoisotopic (exact) mass is 360 g/mol. The van der Waals surface area contributed by atoms with Gasteiger partial charge in [-0.2, -0.15) is 0 Å². The van der Waals surface area contributed by atoms with Gasteiger partial charge in [0.15, 0.2) is 11.5 Å². The van der Waals surface area contributed by atoms with Gasteiger partial charge in [-0.15, -0.1) is 11.6 Å². The minimum atomic E-state index is -0.348. The van der Waals surface area contributed by atoms with Crippen LogP contribution >= 0.6 is 11.6 Å². The highest BCUT2D eigenvalue weighted by atomic mass is 35.5. The standard InChI is InChI=1S/C19H17ClO5/c1-22-12-4-2-11(3-5-12)18-13(6-7-20)19(21)25-15-9-17-16(8-14(15)18)23-10-24-17/h2-5,8-9,13,18H,6-7,10H2,1H3/t13-,18-/m0/s1. The number of carbonyl (C=O) groups is 1. The molecule has 0 aliphatic carbocycles. The summed E-state index contributed by atoms with van der Waals surface area (Å²) in [5, 5.41) is 0. The van der Waals surface area contributed by atoms with Gasteiger partial charge >= 0.3 is 5.97 Å². The first-order valence-corrected chi connectivity index (χ1v) is 8.60. The van der Waals surface area contributed by atoms with Gasteiger partial charge in [0.05, 0.1) is 13.0 Å². The summed E-state index contributed by atoms with van der Waals surface area (Å²) in [7, 11) is 1.62. The first-order valence-electron chi connectivity index (χ1n) is 8.06. The molecule has 2 atom stereocenters. The van der Waals surface area contributed by atoms with Crippen LogP contribution in [0.4, 0.5) is 0 Å². The molecule has 5 nitrogen and oxygen atoms in total. The predicted octanol–water partition coefficient (Wildman–Crippen LogP) is 3.72. The number of hydrogen-bond acceptors (Lipinski definition) is 5. The minimum Gasteiger partial charge on any atom is -0.497 e. The number of hydrogen-bond donors (Lipinski definition) is 0. The maximum atomic E-state index is 12.6. The fourth-order valence-corrected chi connectivity index (χ4v) is 3.67. The molecule has 0 saturated carbocycles. The number of esters is 1. The second-order valence-electron chi connectivity index (χ2n) is 6.00. The Kier molecular flexibility index (Phi) is 4.17. The smallest absolute Gasteiger partial charge is 0.315 e. The number of fused-ring (bicyclic) bond motifs is 2. The lowest BCUT2D eigenvalue weighted by Crippen LogP contribution is -2.32. The molecule has 2 aliphatic heterocycles. The molecule has 0 N–H and O–H groups in total. The van der Waals surface area contributed by atoms with Crippen LogP contribution in [-0.2, 0) is 4.79 Å². The van der Waals surface area contributed by atoms with Crippen molar-refractivity contribution in [2.75, 3.05) is 19.8 Å². The van der Waals surface area contributed by atoms with E-state index in [0.29, 0.717) is 29.5 Å². The van der Waals surface area contributed by atoms with E-state index in [1.165, 1.54) is 0 Å². The minimum absolute atomic E-state index is 0.157. The lowest BCUT2D eigenvalue weighted by molar-refractivity contribution is -0.140. The first kappa shape index (κ1) is 16.1. The van der Waals surface area contributed by atoms with Gasteiger partial charge < -0.3 is 18.9 Å². The molecule has 0 amide bonds. The van der Waals surface area contributed by atoms with E-state index in [0.717, 1.165) is 16.9 Å². The lowest BCUT2D eigenvalue weighted by atomic mass is 9.77. The normalized spacial score (nSPS) is 20.8. The summed E-state index contributed by atoms with van der Waals surface area (Å²) in [4.78, 5) is 12.6. The quantitative estimate of drug-likeness (QED) is 0.472. The Hall–Kier alpha value is -2.40. The molecule has 25 heavy (non-hydrogen) atoms. The van der Waals surface area contributed by atoms with Crippen LogP contribution in [0.15, 0.2) is 36.4 Å². The van der Waals surface area contributed by atoms with Crippen molar-refractivity contribution in [3.8, 4) is 23.0 Å². The van der Waals surface area contributed by atoms with Gasteiger partial charge in [-0.3, -0.25) is 4.79 Å². The number of benzene rings is 2. The van der Waals surface area contributed by atoms with Gasteiger partial charge in [-0.1, -0.05) is 12.1 Å². The van der Waals surface area contributed by atoms with E-state index in [9.17, 15) is 4.79 Å². The third kappa shape index (κ3) is 2.78. The zero-order valence-corrected chi connectivity index (χ0v) is 14.4. The van der Waals surface area contributed by atoms with Crippen LogP contribution in [0.5, 0.6) is 23.0 Å². The lowest BCUT2D eigenvalue weighted by Gasteiger charge is -2.32. The van der Waals surface area contributed by atoms with Crippen molar-refractivity contribution in [3.05, 3.63) is 47.5 Å². The molecule has 130 valence electrons. The van der Waals surface area contributed by atoms with Crippen molar-refractivity contribution in [1.82, 2.24) is 0 Å². The molecule has 0 bridgehead atoms. The highest BCUT2D eigenvalue weighted by Gasteiger charge is 2.39. The van der Waals surface area contributed by atoms with E-state index in [1.807, 2.05) is 30.3 Å². The molecule has 0 spiro atoms. The van der Waals surface area contributed by atoms with Gasteiger partial charge in [0.25, 0.3) is 0 Å². The summed E-state index contributed by atoms with van der Waals surface area (Å²) in [5.41, 5.74) is 1.91. The van der Waals surface area contributed by atoms with Crippen LogP contribution in [0.3, 0.4) is 0 Å². The molecular weight excluding hydrogens is 344 g/mol. The SMILES string of the molecule is COc1ccc([C@@H]2c3cc4c(cc3OC(=O)[C@H]2CCCl)OCO4)cc1. The molecule has 4 rings (SSSR count). The maximum absolute atomic E-state index is 12.6. The van der Waals surface area contributed by atoms with Gasteiger partial charge in [0.1, 0.15) is 11.5 Å². The summed E-state index contributed by atoms with van der Waals surface area (Å²) >= 11 is 5.95. The fourth-order valence-electron chi connectivity index (χ4n) is 3.43. The molecule has 0 unspecified atom stereocenters. The van der Waals surface area contributed by atoms with Crippen molar-refractivity contribution < 1.29 is 23.7 Å². The van der Waals surface area contributed by atoms with Crippen molar-refractivity contribution in [3.63, 3.8) is 0 Å². The van der Waals surface area contributed by atoms with Gasteiger partial charge in [0.2, 0.25) is 6.79 Å². The molecule has 2 aromatic rings. The average molecular weight is 361 g/mol. The van der Waals surface area contributed by atoms with E-state index >= 15 is 0 Å². The Morgan fingerprint density at radius 2 is 1.84 bits per heavy atom. The number of alkyl halides is 1. The molecule has 0 fully saturated rings. The van der Waals surface area contributed by atoms with E-state index in [4.69, 9.17) is 30.5 Å². The highest BCUT2D eigenvalue weighted by molar-refractivity contribution is 6.18. The molecule has 2 aliphatic rings. The van der Waals surface area contributed by atoms with E-state index in [1.54, 1.807) is 13.2 Å². The van der Waals surface area contributed by atoms with Crippen molar-refractivity contribution in [2.45, 2.75) is 12.3 Å². The van der Waals surface area contributed by atoms with Gasteiger partial charge in [-0.05, 0) is 30.2 Å². The Morgan fingerprint density at radius 3 is 2.52 bits per heavy atom. The molecule has 2 aromatic carbocycles. The summed E-state index contributed by atoms with van der Waals surface area (Å²) in [5.74, 6) is 2.15. The third-order valence-electron chi connectivity index (χ3n) is 4.65. The number of carbonyl (C=O) groups excluding carboxylic acids is 1. The summed E-state index contributed by atoms with van der Waals surface area (Å²) in [6, 6.07) is 11.3. The first-order chi connectivity index (χ1) is 12.2.